The van der Waals surface area contributed by atoms with E-state index in [1.807, 2.05) is 0 Å². The Labute approximate surface area is 130 Å². The zero-order valence-corrected chi connectivity index (χ0v) is 13.7. The molecule has 8 heteroatoms. The first-order chi connectivity index (χ1) is 10.3. The van der Waals surface area contributed by atoms with Crippen LogP contribution in [-0.4, -0.2) is 68.4 Å². The third kappa shape index (κ3) is 2.95. The molecule has 2 saturated heterocycles. The van der Waals surface area contributed by atoms with Gasteiger partial charge in [-0.15, -0.1) is 0 Å². The van der Waals surface area contributed by atoms with Gasteiger partial charge in [0, 0.05) is 26.7 Å². The van der Waals surface area contributed by atoms with Gasteiger partial charge in [-0.25, -0.2) is 4.79 Å². The van der Waals surface area contributed by atoms with E-state index in [9.17, 15) is 9.70 Å². The van der Waals surface area contributed by atoms with E-state index >= 15 is 0 Å². The van der Waals surface area contributed by atoms with Crippen LogP contribution in [-0.2, 0) is 18.9 Å². The summed E-state index contributed by atoms with van der Waals surface area (Å²) in [5.41, 5.74) is -0.615. The summed E-state index contributed by atoms with van der Waals surface area (Å²) in [5, 5.41) is 2.96. The van der Waals surface area contributed by atoms with Crippen LogP contribution in [0.15, 0.2) is 5.18 Å². The van der Waals surface area contributed by atoms with Gasteiger partial charge in [0.2, 0.25) is 5.79 Å². The lowest BCUT2D eigenvalue weighted by Gasteiger charge is -2.36. The second-order valence-electron chi connectivity index (χ2n) is 6.64. The standard InChI is InChI=1S/C14H24N2O6/c1-13(2,3)22-12(17)16-7-9(6-15-18)10-11(16)14(19-4,20-5)8-21-10/h9-11H,6-8H2,1-5H3. The van der Waals surface area contributed by atoms with E-state index in [1.165, 1.54) is 19.1 Å². The predicted octanol–water partition coefficient (Wildman–Crippen LogP) is 1.38. The Morgan fingerprint density at radius 1 is 1.36 bits per heavy atom. The molecule has 2 aliphatic rings. The Morgan fingerprint density at radius 3 is 2.50 bits per heavy atom. The Balaban J connectivity index is 2.27. The fourth-order valence-corrected chi connectivity index (χ4v) is 3.13. The van der Waals surface area contributed by atoms with Crippen LogP contribution >= 0.6 is 0 Å². The van der Waals surface area contributed by atoms with Crippen molar-refractivity contribution in [3.63, 3.8) is 0 Å². The van der Waals surface area contributed by atoms with Gasteiger partial charge < -0.3 is 18.9 Å². The maximum atomic E-state index is 12.5. The van der Waals surface area contributed by atoms with Crippen molar-refractivity contribution in [2.45, 2.75) is 44.3 Å². The van der Waals surface area contributed by atoms with E-state index in [-0.39, 0.29) is 25.2 Å². The predicted molar refractivity (Wildman–Crippen MR) is 77.4 cm³/mol. The molecule has 0 N–H and O–H groups in total. The zero-order valence-electron chi connectivity index (χ0n) is 13.7. The van der Waals surface area contributed by atoms with Crippen molar-refractivity contribution in [1.82, 2.24) is 4.90 Å². The van der Waals surface area contributed by atoms with Gasteiger partial charge in [-0.3, -0.25) is 4.90 Å². The number of nitroso groups, excluding NO2 is 1. The van der Waals surface area contributed by atoms with E-state index in [1.54, 1.807) is 20.8 Å². The van der Waals surface area contributed by atoms with E-state index in [0.717, 1.165) is 0 Å². The van der Waals surface area contributed by atoms with Gasteiger partial charge in [-0.1, -0.05) is 5.18 Å². The molecule has 3 unspecified atom stereocenters. The van der Waals surface area contributed by atoms with Gasteiger partial charge in [0.25, 0.3) is 0 Å². The highest BCUT2D eigenvalue weighted by Crippen LogP contribution is 2.42. The molecule has 2 rings (SSSR count). The highest BCUT2D eigenvalue weighted by Gasteiger charge is 2.62. The molecule has 0 aliphatic carbocycles. The molecule has 8 nitrogen and oxygen atoms in total. The molecule has 2 fully saturated rings. The molecule has 1 amide bonds. The van der Waals surface area contributed by atoms with Crippen molar-refractivity contribution in [2.75, 3.05) is 33.9 Å². The summed E-state index contributed by atoms with van der Waals surface area (Å²) in [6, 6.07) is -0.468. The van der Waals surface area contributed by atoms with E-state index in [4.69, 9.17) is 18.9 Å². The first kappa shape index (κ1) is 17.1. The minimum atomic E-state index is -1.06. The second-order valence-corrected chi connectivity index (χ2v) is 6.64. The van der Waals surface area contributed by atoms with Gasteiger partial charge in [-0.05, 0) is 20.8 Å². The van der Waals surface area contributed by atoms with E-state index in [2.05, 4.69) is 5.18 Å². The lowest BCUT2D eigenvalue weighted by molar-refractivity contribution is -0.224. The van der Waals surface area contributed by atoms with Crippen molar-refractivity contribution in [1.29, 1.82) is 0 Å². The van der Waals surface area contributed by atoms with Gasteiger partial charge in [-0.2, -0.15) is 4.91 Å². The molecule has 0 spiro atoms. The van der Waals surface area contributed by atoms with Crippen molar-refractivity contribution in [3.05, 3.63) is 4.91 Å². The molecule has 0 radical (unpaired) electrons. The zero-order chi connectivity index (χ0) is 16.5. The molecule has 0 bridgehead atoms. The van der Waals surface area contributed by atoms with Crippen LogP contribution in [0.5, 0.6) is 0 Å². The third-order valence-electron chi connectivity index (χ3n) is 4.10. The van der Waals surface area contributed by atoms with Gasteiger partial charge >= 0.3 is 6.09 Å². The van der Waals surface area contributed by atoms with Gasteiger partial charge in [0.05, 0.1) is 12.6 Å². The average molecular weight is 316 g/mol. The summed E-state index contributed by atoms with van der Waals surface area (Å²) >= 11 is 0. The maximum Gasteiger partial charge on any atom is 0.410 e. The average Bonchev–Trinajstić information content (AvgIpc) is 2.97. The normalized spacial score (nSPS) is 30.2. The highest BCUT2D eigenvalue weighted by molar-refractivity contribution is 5.69. The highest BCUT2D eigenvalue weighted by atomic mass is 16.7. The monoisotopic (exact) mass is 316 g/mol. The summed E-state index contributed by atoms with van der Waals surface area (Å²) in [6.07, 6.45) is -0.829. The van der Waals surface area contributed by atoms with Gasteiger partial charge in [0.15, 0.2) is 0 Å². The van der Waals surface area contributed by atoms with Crippen molar-refractivity contribution < 1.29 is 23.7 Å². The second kappa shape index (κ2) is 6.10. The minimum absolute atomic E-state index is 0.0734. The Morgan fingerprint density at radius 2 is 2.00 bits per heavy atom. The first-order valence-electron chi connectivity index (χ1n) is 7.28. The van der Waals surface area contributed by atoms with Crippen molar-refractivity contribution in [2.24, 2.45) is 11.1 Å². The van der Waals surface area contributed by atoms with Crippen LogP contribution in [0.25, 0.3) is 0 Å². The SMILES string of the molecule is COC1(OC)COC2C(CN=O)CN(C(=O)OC(C)(C)C)C21. The number of nitrogens with zero attached hydrogens (tertiary/aromatic N) is 2. The molecule has 0 saturated carbocycles. The van der Waals surface area contributed by atoms with Crippen LogP contribution in [0.1, 0.15) is 20.8 Å². The number of amides is 1. The van der Waals surface area contributed by atoms with E-state index < -0.39 is 23.5 Å². The summed E-state index contributed by atoms with van der Waals surface area (Å²) in [7, 11) is 3.02. The molecule has 0 aromatic carbocycles. The summed E-state index contributed by atoms with van der Waals surface area (Å²) in [4.78, 5) is 24.7. The van der Waals surface area contributed by atoms with Crippen LogP contribution in [0.4, 0.5) is 4.79 Å². The molecule has 126 valence electrons. The van der Waals surface area contributed by atoms with Crippen LogP contribution in [0, 0.1) is 10.8 Å². The first-order valence-corrected chi connectivity index (χ1v) is 7.28. The quantitative estimate of drug-likeness (QED) is 0.575. The number of hydrogen-bond acceptors (Lipinski definition) is 7. The fourth-order valence-electron chi connectivity index (χ4n) is 3.13. The molecule has 0 aromatic rings. The van der Waals surface area contributed by atoms with Gasteiger partial charge in [0.1, 0.15) is 18.2 Å². The number of likely N-dealkylation sites (tertiary alicyclic amines) is 1. The number of carbonyl (C=O) groups is 1. The smallest absolute Gasteiger partial charge is 0.410 e. The Hall–Kier alpha value is -1.25. The van der Waals surface area contributed by atoms with Crippen LogP contribution in [0.3, 0.4) is 0 Å². The Bertz CT molecular complexity index is 432. The number of ether oxygens (including phenoxy) is 4. The van der Waals surface area contributed by atoms with E-state index in [0.29, 0.717) is 6.54 Å². The molecular weight excluding hydrogens is 292 g/mol. The summed E-state index contributed by atoms with van der Waals surface area (Å²) < 4.78 is 22.2. The lowest BCUT2D eigenvalue weighted by atomic mass is 9.99. The summed E-state index contributed by atoms with van der Waals surface area (Å²) in [6.45, 7) is 5.98. The van der Waals surface area contributed by atoms with Crippen LogP contribution < -0.4 is 0 Å². The van der Waals surface area contributed by atoms with Crippen molar-refractivity contribution in [3.8, 4) is 0 Å². The molecule has 2 aliphatic heterocycles. The van der Waals surface area contributed by atoms with Crippen LogP contribution in [0.2, 0.25) is 0 Å². The fraction of sp³-hybridized carbons (Fsp3) is 0.929. The third-order valence-corrected chi connectivity index (χ3v) is 4.10. The van der Waals surface area contributed by atoms with Crippen molar-refractivity contribution >= 4 is 6.09 Å². The molecule has 22 heavy (non-hydrogen) atoms. The number of rotatable bonds is 4. The minimum Gasteiger partial charge on any atom is -0.444 e. The number of carbonyl (C=O) groups excluding carboxylic acids is 1. The molecule has 2 heterocycles. The maximum absolute atomic E-state index is 12.5. The topological polar surface area (TPSA) is 86.7 Å². The molecule has 0 aromatic heterocycles. The number of fused-ring (bicyclic) bond motifs is 1. The summed E-state index contributed by atoms with van der Waals surface area (Å²) in [5.74, 6) is -1.25. The lowest BCUT2D eigenvalue weighted by Crippen LogP contribution is -2.55. The molecular formula is C14H24N2O6. The number of hydrogen-bond donors (Lipinski definition) is 0. The Kier molecular flexibility index (Phi) is 4.74. The molecule has 3 atom stereocenters. The largest absolute Gasteiger partial charge is 0.444 e. The number of methoxy groups -OCH3 is 2.